The molecule has 0 radical (unpaired) electrons. The molecule has 0 aliphatic carbocycles. The fraction of sp³-hybridized carbons (Fsp3) is 0. The largest absolute Gasteiger partial charge is 0.361 e. The van der Waals surface area contributed by atoms with Crippen LogP contribution in [0.1, 0.15) is 15.9 Å². The fourth-order valence-corrected chi connectivity index (χ4v) is 2.19. The minimum absolute atomic E-state index is 0.0873. The second-order valence-electron chi connectivity index (χ2n) is 4.44. The Hall–Kier alpha value is -2.68. The number of carbonyl (C=O) groups excluding carboxylic acids is 1. The summed E-state index contributed by atoms with van der Waals surface area (Å²) in [5, 5.41) is 0. The molecule has 0 aliphatic heterocycles. The maximum Gasteiger partial charge on any atom is 0.198 e. The Kier molecular flexibility index (Phi) is 3.17. The first-order chi connectivity index (χ1) is 9.77. The Bertz CT molecular complexity index is 746. The van der Waals surface area contributed by atoms with E-state index >= 15 is 0 Å². The van der Waals surface area contributed by atoms with Crippen molar-refractivity contribution in [2.45, 2.75) is 0 Å². The molecule has 0 aliphatic rings. The summed E-state index contributed by atoms with van der Waals surface area (Å²) in [6, 6.07) is 17.2. The molecular formula is C17H12FNO. The van der Waals surface area contributed by atoms with Gasteiger partial charge in [0.05, 0.1) is 11.3 Å². The smallest absolute Gasteiger partial charge is 0.198 e. The van der Waals surface area contributed by atoms with Crippen molar-refractivity contribution in [3.8, 4) is 11.3 Å². The van der Waals surface area contributed by atoms with Gasteiger partial charge in [0.15, 0.2) is 5.78 Å². The van der Waals surface area contributed by atoms with E-state index < -0.39 is 5.82 Å². The van der Waals surface area contributed by atoms with Crippen molar-refractivity contribution in [1.29, 1.82) is 0 Å². The van der Waals surface area contributed by atoms with Gasteiger partial charge in [-0.25, -0.2) is 4.39 Å². The van der Waals surface area contributed by atoms with Gasteiger partial charge in [-0.2, -0.15) is 0 Å². The number of rotatable bonds is 3. The standard InChI is InChI=1S/C17H12FNO/c18-15-9-5-4-8-13(15)17(20)14-10-11-19-16(14)12-6-2-1-3-7-12/h1-11,19H. The number of aromatic amines is 1. The number of hydrogen-bond acceptors (Lipinski definition) is 1. The Morgan fingerprint density at radius 1 is 0.850 bits per heavy atom. The van der Waals surface area contributed by atoms with Gasteiger partial charge < -0.3 is 4.98 Å². The summed E-state index contributed by atoms with van der Waals surface area (Å²) >= 11 is 0. The van der Waals surface area contributed by atoms with E-state index in [0.717, 1.165) is 5.56 Å². The second kappa shape index (κ2) is 5.13. The molecule has 0 amide bonds. The van der Waals surface area contributed by atoms with Crippen LogP contribution in [0.2, 0.25) is 0 Å². The predicted molar refractivity (Wildman–Crippen MR) is 76.1 cm³/mol. The van der Waals surface area contributed by atoms with Gasteiger partial charge in [0, 0.05) is 11.8 Å². The monoisotopic (exact) mass is 265 g/mol. The lowest BCUT2D eigenvalue weighted by Gasteiger charge is -2.05. The summed E-state index contributed by atoms with van der Waals surface area (Å²) in [6.07, 6.45) is 1.69. The van der Waals surface area contributed by atoms with Crippen molar-refractivity contribution in [3.05, 3.63) is 83.8 Å². The SMILES string of the molecule is O=C(c1ccccc1F)c1cc[nH]c1-c1ccccc1. The Morgan fingerprint density at radius 2 is 1.55 bits per heavy atom. The topological polar surface area (TPSA) is 32.9 Å². The number of H-pyrrole nitrogens is 1. The maximum atomic E-state index is 13.7. The quantitative estimate of drug-likeness (QED) is 0.712. The molecule has 3 aromatic rings. The van der Waals surface area contributed by atoms with Gasteiger partial charge in [-0.05, 0) is 23.8 Å². The van der Waals surface area contributed by atoms with Crippen LogP contribution in [0, 0.1) is 5.82 Å². The van der Waals surface area contributed by atoms with E-state index in [1.165, 1.54) is 12.1 Å². The molecule has 2 aromatic carbocycles. The van der Waals surface area contributed by atoms with Crippen LogP contribution in [0.3, 0.4) is 0 Å². The number of halogens is 1. The number of aromatic nitrogens is 1. The van der Waals surface area contributed by atoms with Crippen molar-refractivity contribution >= 4 is 5.78 Å². The van der Waals surface area contributed by atoms with Crippen LogP contribution in [-0.4, -0.2) is 10.8 Å². The first-order valence-electron chi connectivity index (χ1n) is 6.29. The van der Waals surface area contributed by atoms with Gasteiger partial charge in [-0.1, -0.05) is 42.5 Å². The lowest BCUT2D eigenvalue weighted by molar-refractivity contribution is 0.103. The third-order valence-corrected chi connectivity index (χ3v) is 3.17. The molecule has 0 unspecified atom stereocenters. The number of nitrogens with one attached hydrogen (secondary N) is 1. The Labute approximate surface area is 115 Å². The fourth-order valence-electron chi connectivity index (χ4n) is 2.19. The number of hydrogen-bond donors (Lipinski definition) is 1. The van der Waals surface area contributed by atoms with Crippen LogP contribution in [0.25, 0.3) is 11.3 Å². The zero-order chi connectivity index (χ0) is 13.9. The number of benzene rings is 2. The molecule has 2 nitrogen and oxygen atoms in total. The molecule has 20 heavy (non-hydrogen) atoms. The van der Waals surface area contributed by atoms with Gasteiger partial charge in [0.25, 0.3) is 0 Å². The van der Waals surface area contributed by atoms with E-state index in [9.17, 15) is 9.18 Å². The Balaban J connectivity index is 2.07. The van der Waals surface area contributed by atoms with E-state index in [1.54, 1.807) is 24.4 Å². The van der Waals surface area contributed by atoms with Gasteiger partial charge in [-0.15, -0.1) is 0 Å². The first-order valence-corrected chi connectivity index (χ1v) is 6.29. The minimum Gasteiger partial charge on any atom is -0.361 e. The summed E-state index contributed by atoms with van der Waals surface area (Å²) < 4.78 is 13.7. The molecule has 1 aromatic heterocycles. The summed E-state index contributed by atoms with van der Waals surface area (Å²) in [5.74, 6) is -0.819. The van der Waals surface area contributed by atoms with Gasteiger partial charge in [-0.3, -0.25) is 4.79 Å². The van der Waals surface area contributed by atoms with E-state index in [1.807, 2.05) is 30.3 Å². The average molecular weight is 265 g/mol. The zero-order valence-electron chi connectivity index (χ0n) is 10.6. The molecule has 1 heterocycles. The number of ketones is 1. The maximum absolute atomic E-state index is 13.7. The molecule has 0 fully saturated rings. The molecule has 3 rings (SSSR count). The zero-order valence-corrected chi connectivity index (χ0v) is 10.6. The molecule has 0 spiro atoms. The van der Waals surface area contributed by atoms with Gasteiger partial charge in [0.1, 0.15) is 5.82 Å². The average Bonchev–Trinajstić information content (AvgIpc) is 2.97. The Morgan fingerprint density at radius 3 is 2.30 bits per heavy atom. The highest BCUT2D eigenvalue weighted by Gasteiger charge is 2.18. The summed E-state index contributed by atoms with van der Waals surface area (Å²) in [6.45, 7) is 0. The first kappa shape index (κ1) is 12.4. The van der Waals surface area contributed by atoms with Crippen molar-refractivity contribution < 1.29 is 9.18 Å². The van der Waals surface area contributed by atoms with E-state index in [-0.39, 0.29) is 11.3 Å². The highest BCUT2D eigenvalue weighted by Crippen LogP contribution is 2.24. The van der Waals surface area contributed by atoms with E-state index in [2.05, 4.69) is 4.98 Å². The van der Waals surface area contributed by atoms with Crippen LogP contribution >= 0.6 is 0 Å². The van der Waals surface area contributed by atoms with Crippen LogP contribution in [-0.2, 0) is 0 Å². The minimum atomic E-state index is -0.502. The lowest BCUT2D eigenvalue weighted by Crippen LogP contribution is -2.04. The highest BCUT2D eigenvalue weighted by molar-refractivity contribution is 6.12. The third kappa shape index (κ3) is 2.14. The summed E-state index contributed by atoms with van der Waals surface area (Å²) in [4.78, 5) is 15.5. The molecule has 98 valence electrons. The van der Waals surface area contributed by atoms with Crippen LogP contribution in [0.5, 0.6) is 0 Å². The predicted octanol–water partition coefficient (Wildman–Crippen LogP) is 4.05. The van der Waals surface area contributed by atoms with Crippen molar-refractivity contribution in [2.24, 2.45) is 0 Å². The third-order valence-electron chi connectivity index (χ3n) is 3.17. The molecule has 0 bridgehead atoms. The second-order valence-corrected chi connectivity index (χ2v) is 4.44. The van der Waals surface area contributed by atoms with Crippen LogP contribution in [0.15, 0.2) is 66.9 Å². The van der Waals surface area contributed by atoms with Crippen LogP contribution < -0.4 is 0 Å². The van der Waals surface area contributed by atoms with E-state index in [0.29, 0.717) is 11.3 Å². The molecule has 0 atom stereocenters. The van der Waals surface area contributed by atoms with Gasteiger partial charge in [0.2, 0.25) is 0 Å². The summed E-state index contributed by atoms with van der Waals surface area (Å²) in [5.41, 5.74) is 2.17. The van der Waals surface area contributed by atoms with E-state index in [4.69, 9.17) is 0 Å². The molecule has 3 heteroatoms. The molecule has 0 saturated heterocycles. The molecule has 0 saturated carbocycles. The summed E-state index contributed by atoms with van der Waals surface area (Å²) in [7, 11) is 0. The van der Waals surface area contributed by atoms with Crippen molar-refractivity contribution in [1.82, 2.24) is 4.98 Å². The number of carbonyl (C=O) groups is 1. The van der Waals surface area contributed by atoms with Crippen molar-refractivity contribution in [3.63, 3.8) is 0 Å². The van der Waals surface area contributed by atoms with Crippen LogP contribution in [0.4, 0.5) is 4.39 Å². The lowest BCUT2D eigenvalue weighted by atomic mass is 10.00. The molecule has 1 N–H and O–H groups in total. The normalized spacial score (nSPS) is 10.4. The van der Waals surface area contributed by atoms with Gasteiger partial charge >= 0.3 is 0 Å². The highest BCUT2D eigenvalue weighted by atomic mass is 19.1. The molecular weight excluding hydrogens is 253 g/mol. The van der Waals surface area contributed by atoms with Crippen molar-refractivity contribution in [2.75, 3.05) is 0 Å².